The Labute approximate surface area is 97.3 Å². The first-order valence-electron chi connectivity index (χ1n) is 5.26. The first-order valence-corrected chi connectivity index (χ1v) is 5.26. The Morgan fingerprint density at radius 1 is 1.29 bits per heavy atom. The molecule has 1 amide bonds. The van der Waals surface area contributed by atoms with Crippen molar-refractivity contribution in [2.75, 3.05) is 5.32 Å². The van der Waals surface area contributed by atoms with Crippen molar-refractivity contribution in [2.45, 2.75) is 12.5 Å². The van der Waals surface area contributed by atoms with Crippen LogP contribution in [0.2, 0.25) is 0 Å². The van der Waals surface area contributed by atoms with E-state index in [0.717, 1.165) is 12.1 Å². The summed E-state index contributed by atoms with van der Waals surface area (Å²) in [7, 11) is 0. The number of halogens is 2. The van der Waals surface area contributed by atoms with E-state index >= 15 is 0 Å². The summed E-state index contributed by atoms with van der Waals surface area (Å²) in [5, 5.41) is 2.52. The molecule has 0 saturated carbocycles. The summed E-state index contributed by atoms with van der Waals surface area (Å²) < 4.78 is 25.6. The molecule has 1 aromatic carbocycles. The van der Waals surface area contributed by atoms with E-state index in [-0.39, 0.29) is 23.6 Å². The fourth-order valence-electron chi connectivity index (χ4n) is 1.73. The van der Waals surface area contributed by atoms with E-state index < -0.39 is 11.6 Å². The monoisotopic (exact) mass is 238 g/mol. The predicted octanol–water partition coefficient (Wildman–Crippen LogP) is 1.81. The van der Waals surface area contributed by atoms with Gasteiger partial charge in [0.15, 0.2) is 11.6 Å². The third kappa shape index (κ3) is 2.68. The highest BCUT2D eigenvalue weighted by Gasteiger charge is 2.22. The Morgan fingerprint density at radius 3 is 2.65 bits per heavy atom. The van der Waals surface area contributed by atoms with Gasteiger partial charge in [0.1, 0.15) is 0 Å². The van der Waals surface area contributed by atoms with Gasteiger partial charge in [-0.2, -0.15) is 0 Å². The fourth-order valence-corrected chi connectivity index (χ4v) is 1.73. The molecule has 0 aliphatic heterocycles. The lowest BCUT2D eigenvalue weighted by Crippen LogP contribution is -2.24. The average molecular weight is 238 g/mol. The molecule has 2 unspecified atom stereocenters. The second kappa shape index (κ2) is 4.63. The minimum atomic E-state index is -0.985. The lowest BCUT2D eigenvalue weighted by atomic mass is 10.1. The van der Waals surface area contributed by atoms with Crippen molar-refractivity contribution in [2.24, 2.45) is 11.7 Å². The van der Waals surface area contributed by atoms with Crippen molar-refractivity contribution in [1.82, 2.24) is 0 Å². The lowest BCUT2D eigenvalue weighted by molar-refractivity contribution is -0.118. The van der Waals surface area contributed by atoms with Crippen molar-refractivity contribution in [3.63, 3.8) is 0 Å². The van der Waals surface area contributed by atoms with Crippen LogP contribution in [-0.4, -0.2) is 11.9 Å². The van der Waals surface area contributed by atoms with Crippen LogP contribution in [-0.2, 0) is 4.79 Å². The summed E-state index contributed by atoms with van der Waals surface area (Å²) in [6.07, 6.45) is 4.02. The van der Waals surface area contributed by atoms with Crippen LogP contribution in [0.4, 0.5) is 14.5 Å². The van der Waals surface area contributed by atoms with Crippen molar-refractivity contribution < 1.29 is 13.6 Å². The van der Waals surface area contributed by atoms with Crippen LogP contribution in [0.5, 0.6) is 0 Å². The van der Waals surface area contributed by atoms with Crippen molar-refractivity contribution in [3.05, 3.63) is 42.0 Å². The maximum Gasteiger partial charge on any atom is 0.231 e. The van der Waals surface area contributed by atoms with Crippen LogP contribution in [0, 0.1) is 17.6 Å². The van der Waals surface area contributed by atoms with E-state index in [1.165, 1.54) is 6.07 Å². The largest absolute Gasteiger partial charge is 0.325 e. The number of hydrogen-bond donors (Lipinski definition) is 2. The van der Waals surface area contributed by atoms with E-state index in [0.29, 0.717) is 6.42 Å². The Morgan fingerprint density at radius 2 is 2.06 bits per heavy atom. The Balaban J connectivity index is 2.03. The molecule has 0 spiro atoms. The summed E-state index contributed by atoms with van der Waals surface area (Å²) in [6, 6.07) is 3.12. The molecule has 0 aromatic heterocycles. The molecule has 0 bridgehead atoms. The van der Waals surface area contributed by atoms with Gasteiger partial charge in [0.2, 0.25) is 5.91 Å². The number of carbonyl (C=O) groups is 1. The van der Waals surface area contributed by atoms with Gasteiger partial charge in [0, 0.05) is 17.8 Å². The minimum absolute atomic E-state index is 0.115. The molecule has 90 valence electrons. The Bertz CT molecular complexity index is 474. The summed E-state index contributed by atoms with van der Waals surface area (Å²) in [4.78, 5) is 11.7. The molecule has 0 radical (unpaired) electrons. The van der Waals surface area contributed by atoms with Crippen LogP contribution in [0.25, 0.3) is 0 Å². The number of nitrogens with one attached hydrogen (secondary N) is 1. The average Bonchev–Trinajstić information content (AvgIpc) is 2.70. The molecule has 1 aromatic rings. The molecule has 1 aliphatic carbocycles. The van der Waals surface area contributed by atoms with Gasteiger partial charge in [-0.15, -0.1) is 0 Å². The molecule has 5 heteroatoms. The second-order valence-corrected chi connectivity index (χ2v) is 4.01. The molecular weight excluding hydrogens is 226 g/mol. The molecule has 3 nitrogen and oxygen atoms in total. The number of rotatable bonds is 2. The molecule has 1 aliphatic rings. The van der Waals surface area contributed by atoms with Crippen LogP contribution in [0.15, 0.2) is 30.4 Å². The molecular formula is C12H12F2N2O. The quantitative estimate of drug-likeness (QED) is 0.772. The van der Waals surface area contributed by atoms with E-state index in [4.69, 9.17) is 5.73 Å². The number of benzene rings is 1. The Hall–Kier alpha value is -1.75. The van der Waals surface area contributed by atoms with Crippen LogP contribution in [0.3, 0.4) is 0 Å². The van der Waals surface area contributed by atoms with Crippen molar-refractivity contribution >= 4 is 11.6 Å². The van der Waals surface area contributed by atoms with Crippen LogP contribution >= 0.6 is 0 Å². The summed E-state index contributed by atoms with van der Waals surface area (Å²) in [5.41, 5.74) is 5.86. The minimum Gasteiger partial charge on any atom is -0.325 e. The number of hydrogen-bond acceptors (Lipinski definition) is 2. The number of carbonyl (C=O) groups excluding carboxylic acids is 1. The maximum atomic E-state index is 12.9. The van der Waals surface area contributed by atoms with E-state index in [2.05, 4.69) is 5.32 Å². The van der Waals surface area contributed by atoms with Gasteiger partial charge in [-0.3, -0.25) is 4.79 Å². The lowest BCUT2D eigenvalue weighted by Gasteiger charge is -2.10. The molecule has 0 fully saturated rings. The van der Waals surface area contributed by atoms with Gasteiger partial charge >= 0.3 is 0 Å². The zero-order chi connectivity index (χ0) is 12.4. The molecule has 17 heavy (non-hydrogen) atoms. The zero-order valence-corrected chi connectivity index (χ0v) is 8.99. The first kappa shape index (κ1) is 11.7. The van der Waals surface area contributed by atoms with Gasteiger partial charge in [-0.1, -0.05) is 12.2 Å². The highest BCUT2D eigenvalue weighted by atomic mass is 19.2. The topological polar surface area (TPSA) is 55.1 Å². The van der Waals surface area contributed by atoms with Gasteiger partial charge < -0.3 is 11.1 Å². The SMILES string of the molecule is NC1C=CC(C(=O)Nc2ccc(F)c(F)c2)C1. The summed E-state index contributed by atoms with van der Waals surface area (Å²) in [6.45, 7) is 0. The molecule has 2 rings (SSSR count). The van der Waals surface area contributed by atoms with E-state index in [1.54, 1.807) is 12.2 Å². The first-order chi connectivity index (χ1) is 8.06. The number of nitrogens with two attached hydrogens (primary N) is 1. The smallest absolute Gasteiger partial charge is 0.231 e. The van der Waals surface area contributed by atoms with E-state index in [1.807, 2.05) is 0 Å². The normalized spacial score (nSPS) is 22.8. The summed E-state index contributed by atoms with van der Waals surface area (Å²) >= 11 is 0. The van der Waals surface area contributed by atoms with E-state index in [9.17, 15) is 13.6 Å². The predicted molar refractivity (Wildman–Crippen MR) is 60.2 cm³/mol. The van der Waals surface area contributed by atoms with Crippen LogP contribution in [0.1, 0.15) is 6.42 Å². The highest BCUT2D eigenvalue weighted by Crippen LogP contribution is 2.19. The van der Waals surface area contributed by atoms with Gasteiger partial charge in [-0.25, -0.2) is 8.78 Å². The molecule has 0 saturated heterocycles. The fraction of sp³-hybridized carbons (Fsp3) is 0.250. The second-order valence-electron chi connectivity index (χ2n) is 4.01. The van der Waals surface area contributed by atoms with Gasteiger partial charge in [0.05, 0.1) is 5.92 Å². The van der Waals surface area contributed by atoms with Crippen LogP contribution < -0.4 is 11.1 Å². The van der Waals surface area contributed by atoms with Gasteiger partial charge in [-0.05, 0) is 18.6 Å². The molecule has 3 N–H and O–H groups in total. The van der Waals surface area contributed by atoms with Crippen molar-refractivity contribution in [3.8, 4) is 0 Å². The third-order valence-electron chi connectivity index (χ3n) is 2.64. The zero-order valence-electron chi connectivity index (χ0n) is 8.99. The molecule has 0 heterocycles. The Kier molecular flexibility index (Phi) is 3.19. The standard InChI is InChI=1S/C12H12F2N2O/c13-10-4-3-9(6-11(10)14)16-12(17)7-1-2-8(15)5-7/h1-4,6-8H,5,15H2,(H,16,17). The summed E-state index contributed by atoms with van der Waals surface area (Å²) in [5.74, 6) is -2.49. The number of anilines is 1. The third-order valence-corrected chi connectivity index (χ3v) is 2.64. The molecule has 2 atom stereocenters. The maximum absolute atomic E-state index is 12.9. The van der Waals surface area contributed by atoms with Crippen molar-refractivity contribution in [1.29, 1.82) is 0 Å². The van der Waals surface area contributed by atoms with Gasteiger partial charge in [0.25, 0.3) is 0 Å². The number of amides is 1. The highest BCUT2D eigenvalue weighted by molar-refractivity contribution is 5.94.